The molecule has 0 aromatic heterocycles. The van der Waals surface area contributed by atoms with E-state index >= 15 is 0 Å². The molecule has 0 aromatic carbocycles. The Morgan fingerprint density at radius 1 is 1.33 bits per heavy atom. The number of hydrogen-bond donors (Lipinski definition) is 3. The number of carboxylic acid groups (broad SMARTS) is 1. The Balaban J connectivity index is 2.46. The molecular weight excluding hydrogens is 224 g/mol. The largest absolute Gasteiger partial charge is 0.480 e. The molecule has 0 atom stereocenters. The lowest BCUT2D eigenvalue weighted by Gasteiger charge is -2.32. The zero-order valence-electron chi connectivity index (χ0n) is 8.09. The molecule has 1 aliphatic rings. The summed E-state index contributed by atoms with van der Waals surface area (Å²) in [6.45, 7) is 1.23. The van der Waals surface area contributed by atoms with Crippen molar-refractivity contribution >= 4 is 16.2 Å². The summed E-state index contributed by atoms with van der Waals surface area (Å²) in [5.41, 5.74) is 0. The predicted molar refractivity (Wildman–Crippen MR) is 51.9 cm³/mol. The van der Waals surface area contributed by atoms with Crippen LogP contribution < -0.4 is 10.7 Å². The predicted octanol–water partition coefficient (Wildman–Crippen LogP) is -2.60. The van der Waals surface area contributed by atoms with Crippen LogP contribution in [0.5, 0.6) is 0 Å². The topological polar surface area (TPSA) is 116 Å². The first-order chi connectivity index (χ1) is 6.95. The van der Waals surface area contributed by atoms with Gasteiger partial charge in [0.05, 0.1) is 6.54 Å². The van der Waals surface area contributed by atoms with Crippen molar-refractivity contribution in [2.45, 2.75) is 0 Å². The smallest absolute Gasteiger partial charge is 0.317 e. The molecule has 1 aliphatic heterocycles. The summed E-state index contributed by atoms with van der Waals surface area (Å²) in [4.78, 5) is 13.8. The normalized spacial score (nSPS) is 20.3. The van der Waals surface area contributed by atoms with Crippen molar-refractivity contribution in [1.82, 2.24) is 14.0 Å². The van der Waals surface area contributed by atoms with Gasteiger partial charge in [-0.3, -0.25) is 15.5 Å². The summed E-state index contributed by atoms with van der Waals surface area (Å²) in [7, 11) is -3.59. The van der Waals surface area contributed by atoms with Crippen LogP contribution in [0.2, 0.25) is 0 Å². The van der Waals surface area contributed by atoms with Gasteiger partial charge in [0.1, 0.15) is 0 Å². The van der Waals surface area contributed by atoms with E-state index < -0.39 is 16.2 Å². The van der Waals surface area contributed by atoms with E-state index in [1.807, 2.05) is 0 Å². The molecule has 88 valence electrons. The fraction of sp³-hybridized carbons (Fsp3) is 0.833. The van der Waals surface area contributed by atoms with Crippen molar-refractivity contribution in [2.75, 3.05) is 32.7 Å². The Labute approximate surface area is 87.8 Å². The van der Waals surface area contributed by atoms with E-state index in [4.69, 9.17) is 10.9 Å². The average molecular weight is 238 g/mol. The highest BCUT2D eigenvalue weighted by Gasteiger charge is 2.26. The number of nitrogens with two attached hydrogens (primary N) is 1. The van der Waals surface area contributed by atoms with E-state index in [0.717, 1.165) is 0 Å². The van der Waals surface area contributed by atoms with Gasteiger partial charge in [-0.15, -0.1) is 4.83 Å². The third-order valence-electron chi connectivity index (χ3n) is 2.18. The summed E-state index contributed by atoms with van der Waals surface area (Å²) in [6, 6.07) is 0. The lowest BCUT2D eigenvalue weighted by atomic mass is 10.3. The van der Waals surface area contributed by atoms with Crippen LogP contribution in [-0.4, -0.2) is 61.4 Å². The van der Waals surface area contributed by atoms with E-state index in [0.29, 0.717) is 13.1 Å². The van der Waals surface area contributed by atoms with Crippen LogP contribution in [0.25, 0.3) is 0 Å². The molecule has 15 heavy (non-hydrogen) atoms. The molecule has 0 saturated carbocycles. The van der Waals surface area contributed by atoms with Crippen LogP contribution >= 0.6 is 0 Å². The number of hydrazine groups is 1. The number of piperazine rings is 1. The summed E-state index contributed by atoms with van der Waals surface area (Å²) in [6.07, 6.45) is 0. The maximum atomic E-state index is 11.2. The van der Waals surface area contributed by atoms with Gasteiger partial charge in [-0.2, -0.15) is 12.7 Å². The molecule has 1 rings (SSSR count). The summed E-state index contributed by atoms with van der Waals surface area (Å²) in [5, 5.41) is 8.53. The Morgan fingerprint density at radius 3 is 2.27 bits per heavy atom. The highest BCUT2D eigenvalue weighted by atomic mass is 32.2. The zero-order chi connectivity index (χ0) is 11.5. The summed E-state index contributed by atoms with van der Waals surface area (Å²) in [5.74, 6) is 3.95. The van der Waals surface area contributed by atoms with E-state index in [-0.39, 0.29) is 19.6 Å². The SMILES string of the molecule is NNS(=O)(=O)N1CCN(CC(=O)O)CC1. The standard InChI is InChI=1S/C6H14N4O4S/c7-8-15(13,14)10-3-1-9(2-4-10)5-6(11)12/h8H,1-5,7H2,(H,11,12). The van der Waals surface area contributed by atoms with Crippen molar-refractivity contribution in [3.05, 3.63) is 0 Å². The molecule has 1 heterocycles. The van der Waals surface area contributed by atoms with Crippen LogP contribution in [0, 0.1) is 0 Å². The fourth-order valence-corrected chi connectivity index (χ4v) is 2.19. The molecule has 0 amide bonds. The van der Waals surface area contributed by atoms with E-state index in [9.17, 15) is 13.2 Å². The quantitative estimate of drug-likeness (QED) is 0.365. The fourth-order valence-electron chi connectivity index (χ4n) is 1.39. The Hall–Kier alpha value is -0.740. The second-order valence-electron chi connectivity index (χ2n) is 3.19. The van der Waals surface area contributed by atoms with Crippen molar-refractivity contribution in [2.24, 2.45) is 5.84 Å². The molecule has 4 N–H and O–H groups in total. The number of hydrogen-bond acceptors (Lipinski definition) is 5. The van der Waals surface area contributed by atoms with Gasteiger partial charge in [0.15, 0.2) is 0 Å². The van der Waals surface area contributed by atoms with Crippen molar-refractivity contribution in [3.8, 4) is 0 Å². The number of carboxylic acids is 1. The van der Waals surface area contributed by atoms with Gasteiger partial charge >= 0.3 is 5.97 Å². The second kappa shape index (κ2) is 4.86. The maximum Gasteiger partial charge on any atom is 0.317 e. The monoisotopic (exact) mass is 238 g/mol. The number of nitrogens with one attached hydrogen (secondary N) is 1. The molecule has 9 heteroatoms. The molecule has 0 aromatic rings. The zero-order valence-corrected chi connectivity index (χ0v) is 8.90. The van der Waals surface area contributed by atoms with Crippen molar-refractivity contribution < 1.29 is 18.3 Å². The van der Waals surface area contributed by atoms with Crippen molar-refractivity contribution in [1.29, 1.82) is 0 Å². The highest BCUT2D eigenvalue weighted by molar-refractivity contribution is 7.87. The minimum Gasteiger partial charge on any atom is -0.480 e. The van der Waals surface area contributed by atoms with Gasteiger partial charge in [-0.25, -0.2) is 0 Å². The average Bonchev–Trinajstić information content (AvgIpc) is 2.18. The molecule has 0 spiro atoms. The maximum absolute atomic E-state index is 11.2. The van der Waals surface area contributed by atoms with E-state index in [2.05, 4.69) is 0 Å². The Kier molecular flexibility index (Phi) is 3.99. The van der Waals surface area contributed by atoms with Crippen LogP contribution in [0.4, 0.5) is 0 Å². The number of carbonyl (C=O) groups is 1. The van der Waals surface area contributed by atoms with Crippen LogP contribution in [-0.2, 0) is 15.0 Å². The molecule has 1 saturated heterocycles. The summed E-state index contributed by atoms with van der Waals surface area (Å²) >= 11 is 0. The van der Waals surface area contributed by atoms with Crippen LogP contribution in [0.15, 0.2) is 0 Å². The lowest BCUT2D eigenvalue weighted by Crippen LogP contribution is -2.53. The minimum atomic E-state index is -3.59. The molecule has 0 unspecified atom stereocenters. The van der Waals surface area contributed by atoms with E-state index in [1.165, 1.54) is 4.31 Å². The molecule has 0 radical (unpaired) electrons. The highest BCUT2D eigenvalue weighted by Crippen LogP contribution is 2.04. The molecule has 8 nitrogen and oxygen atoms in total. The Morgan fingerprint density at radius 2 is 1.87 bits per heavy atom. The molecule has 1 fully saturated rings. The third kappa shape index (κ3) is 3.39. The van der Waals surface area contributed by atoms with Gasteiger partial charge < -0.3 is 5.11 Å². The molecule has 0 bridgehead atoms. The lowest BCUT2D eigenvalue weighted by molar-refractivity contribution is -0.138. The van der Waals surface area contributed by atoms with Crippen LogP contribution in [0.3, 0.4) is 0 Å². The van der Waals surface area contributed by atoms with Gasteiger partial charge in [0.25, 0.3) is 10.2 Å². The second-order valence-corrected chi connectivity index (χ2v) is 4.89. The minimum absolute atomic E-state index is 0.0655. The third-order valence-corrected chi connectivity index (χ3v) is 3.52. The number of aliphatic carboxylic acids is 1. The number of rotatable bonds is 4. The molecule has 0 aliphatic carbocycles. The van der Waals surface area contributed by atoms with Gasteiger partial charge in [-0.1, -0.05) is 0 Å². The Bertz CT molecular complexity index is 322. The van der Waals surface area contributed by atoms with Crippen LogP contribution in [0.1, 0.15) is 0 Å². The first kappa shape index (κ1) is 12.3. The van der Waals surface area contributed by atoms with Gasteiger partial charge in [-0.05, 0) is 0 Å². The first-order valence-electron chi connectivity index (χ1n) is 4.37. The van der Waals surface area contributed by atoms with Gasteiger partial charge in [0, 0.05) is 26.2 Å². The summed E-state index contributed by atoms with van der Waals surface area (Å²) < 4.78 is 23.7. The number of nitrogens with zero attached hydrogens (tertiary/aromatic N) is 2. The molecular formula is C6H14N4O4S. The first-order valence-corrected chi connectivity index (χ1v) is 5.81. The van der Waals surface area contributed by atoms with Crippen molar-refractivity contribution in [3.63, 3.8) is 0 Å². The van der Waals surface area contributed by atoms with E-state index in [1.54, 1.807) is 9.73 Å². The van der Waals surface area contributed by atoms with Gasteiger partial charge in [0.2, 0.25) is 0 Å².